The number of nitrogens with one attached hydrogen (secondary N) is 1. The summed E-state index contributed by atoms with van der Waals surface area (Å²) in [6.07, 6.45) is 7.96. The maximum atomic E-state index is 5.92. The highest BCUT2D eigenvalue weighted by molar-refractivity contribution is 5.33. The number of rotatable bonds is 9. The molecule has 0 spiro atoms. The molecule has 1 N–H and O–H groups in total. The average Bonchev–Trinajstić information content (AvgIpc) is 3.29. The summed E-state index contributed by atoms with van der Waals surface area (Å²) in [4.78, 5) is 2.20. The Morgan fingerprint density at radius 1 is 1.40 bits per heavy atom. The predicted octanol–water partition coefficient (Wildman–Crippen LogP) is 2.27. The highest BCUT2D eigenvalue weighted by Crippen LogP contribution is 2.22. The third-order valence-electron chi connectivity index (χ3n) is 3.56. The van der Waals surface area contributed by atoms with Crippen LogP contribution in [0.15, 0.2) is 24.3 Å². The summed E-state index contributed by atoms with van der Waals surface area (Å²) in [6, 6.07) is 8.97. The van der Waals surface area contributed by atoms with Crippen LogP contribution in [0.1, 0.15) is 25.3 Å². The number of terminal acetylenes is 1. The molecule has 0 bridgehead atoms. The molecule has 0 saturated heterocycles. The van der Waals surface area contributed by atoms with Crippen LogP contribution in [0, 0.1) is 12.3 Å². The van der Waals surface area contributed by atoms with Crippen molar-refractivity contribution in [2.75, 3.05) is 26.2 Å². The number of benzene rings is 1. The molecule has 2 rings (SSSR count). The van der Waals surface area contributed by atoms with Gasteiger partial charge in [0.25, 0.3) is 0 Å². The fraction of sp³-hybridized carbons (Fsp3) is 0.529. The van der Waals surface area contributed by atoms with E-state index in [0.717, 1.165) is 25.4 Å². The van der Waals surface area contributed by atoms with Crippen LogP contribution >= 0.6 is 0 Å². The van der Waals surface area contributed by atoms with Gasteiger partial charge in [-0.2, -0.15) is 0 Å². The minimum Gasteiger partial charge on any atom is -0.492 e. The molecule has 1 aliphatic carbocycles. The summed E-state index contributed by atoms with van der Waals surface area (Å²) in [5, 5.41) is 3.53. The van der Waals surface area contributed by atoms with Crippen LogP contribution in [0.25, 0.3) is 0 Å². The quantitative estimate of drug-likeness (QED) is 0.698. The second kappa shape index (κ2) is 7.94. The van der Waals surface area contributed by atoms with Gasteiger partial charge in [-0.15, -0.1) is 6.42 Å². The Morgan fingerprint density at radius 2 is 2.20 bits per heavy atom. The zero-order valence-electron chi connectivity index (χ0n) is 12.3. The van der Waals surface area contributed by atoms with Crippen molar-refractivity contribution in [3.63, 3.8) is 0 Å². The molecule has 1 fully saturated rings. The van der Waals surface area contributed by atoms with Crippen molar-refractivity contribution in [3.8, 4) is 18.1 Å². The Morgan fingerprint density at radius 3 is 2.90 bits per heavy atom. The highest BCUT2D eigenvalue weighted by Gasteiger charge is 2.20. The van der Waals surface area contributed by atoms with Crippen LogP contribution in [0.5, 0.6) is 5.75 Å². The Hall–Kier alpha value is -1.50. The third-order valence-corrected chi connectivity index (χ3v) is 3.56. The first-order chi connectivity index (χ1) is 9.83. The summed E-state index contributed by atoms with van der Waals surface area (Å²) in [6.45, 7) is 6.19. The predicted molar refractivity (Wildman–Crippen MR) is 82.7 cm³/mol. The van der Waals surface area contributed by atoms with E-state index in [1.807, 2.05) is 12.1 Å². The van der Waals surface area contributed by atoms with Gasteiger partial charge in [-0.25, -0.2) is 0 Å². The molecule has 0 unspecified atom stereocenters. The van der Waals surface area contributed by atoms with Gasteiger partial charge in [0.15, 0.2) is 0 Å². The van der Waals surface area contributed by atoms with Gasteiger partial charge in [0, 0.05) is 24.7 Å². The Bertz CT molecular complexity index is 449. The van der Waals surface area contributed by atoms with Gasteiger partial charge in [-0.1, -0.05) is 31.0 Å². The van der Waals surface area contributed by atoms with Gasteiger partial charge in [-0.05, 0) is 25.5 Å². The number of hydrogen-bond acceptors (Lipinski definition) is 3. The number of para-hydroxylation sites is 1. The van der Waals surface area contributed by atoms with Gasteiger partial charge >= 0.3 is 0 Å². The SMILES string of the molecule is C#CCN(CC)CCOc1ccccc1CNC1CC1. The number of hydrogen-bond donors (Lipinski definition) is 1. The van der Waals surface area contributed by atoms with E-state index in [9.17, 15) is 0 Å². The monoisotopic (exact) mass is 272 g/mol. The molecule has 20 heavy (non-hydrogen) atoms. The Labute approximate surface area is 122 Å². The van der Waals surface area contributed by atoms with E-state index in [0.29, 0.717) is 19.2 Å². The molecule has 0 aromatic heterocycles. The van der Waals surface area contributed by atoms with Gasteiger partial charge in [0.1, 0.15) is 12.4 Å². The first-order valence-electron chi connectivity index (χ1n) is 7.43. The van der Waals surface area contributed by atoms with Crippen molar-refractivity contribution < 1.29 is 4.74 Å². The fourth-order valence-corrected chi connectivity index (χ4v) is 2.10. The van der Waals surface area contributed by atoms with Crippen LogP contribution in [0.2, 0.25) is 0 Å². The van der Waals surface area contributed by atoms with Crippen LogP contribution in [-0.4, -0.2) is 37.2 Å². The van der Waals surface area contributed by atoms with Gasteiger partial charge < -0.3 is 10.1 Å². The number of nitrogens with zero attached hydrogens (tertiary/aromatic N) is 1. The number of ether oxygens (including phenoxy) is 1. The largest absolute Gasteiger partial charge is 0.492 e. The van der Waals surface area contributed by atoms with Gasteiger partial charge in [0.05, 0.1) is 6.54 Å². The van der Waals surface area contributed by atoms with Crippen LogP contribution in [0.4, 0.5) is 0 Å². The maximum Gasteiger partial charge on any atom is 0.123 e. The molecule has 1 aromatic rings. The summed E-state index contributed by atoms with van der Waals surface area (Å²) >= 11 is 0. The van der Waals surface area contributed by atoms with E-state index in [1.165, 1.54) is 18.4 Å². The standard InChI is InChI=1S/C17H24N2O/c1-3-11-19(4-2)12-13-20-17-8-6-5-7-15(17)14-18-16-9-10-16/h1,5-8,16,18H,4,9-14H2,2H3. The first kappa shape index (κ1) is 14.9. The molecule has 1 saturated carbocycles. The van der Waals surface area contributed by atoms with Crippen molar-refractivity contribution in [3.05, 3.63) is 29.8 Å². The van der Waals surface area contributed by atoms with E-state index in [2.05, 4.69) is 35.2 Å². The molecule has 1 aliphatic rings. The van der Waals surface area contributed by atoms with Crippen LogP contribution < -0.4 is 10.1 Å². The summed E-state index contributed by atoms with van der Waals surface area (Å²) in [5.74, 6) is 3.66. The molecule has 3 heteroatoms. The smallest absolute Gasteiger partial charge is 0.123 e. The van der Waals surface area contributed by atoms with E-state index in [-0.39, 0.29) is 0 Å². The number of likely N-dealkylation sites (N-methyl/N-ethyl adjacent to an activating group) is 1. The molecule has 3 nitrogen and oxygen atoms in total. The second-order valence-corrected chi connectivity index (χ2v) is 5.18. The lowest BCUT2D eigenvalue weighted by Gasteiger charge is -2.18. The molecule has 0 atom stereocenters. The molecule has 0 heterocycles. The Balaban J connectivity index is 1.80. The fourth-order valence-electron chi connectivity index (χ4n) is 2.10. The van der Waals surface area contributed by atoms with Crippen LogP contribution in [-0.2, 0) is 6.54 Å². The van der Waals surface area contributed by atoms with Crippen molar-refractivity contribution in [1.29, 1.82) is 0 Å². The zero-order chi connectivity index (χ0) is 14.2. The molecule has 0 radical (unpaired) electrons. The lowest BCUT2D eigenvalue weighted by molar-refractivity contribution is 0.230. The van der Waals surface area contributed by atoms with E-state index in [1.54, 1.807) is 0 Å². The second-order valence-electron chi connectivity index (χ2n) is 5.18. The lowest BCUT2D eigenvalue weighted by atomic mass is 10.2. The van der Waals surface area contributed by atoms with E-state index >= 15 is 0 Å². The molecular formula is C17H24N2O. The average molecular weight is 272 g/mol. The lowest BCUT2D eigenvalue weighted by Crippen LogP contribution is -2.28. The Kier molecular flexibility index (Phi) is 5.91. The summed E-state index contributed by atoms with van der Waals surface area (Å²) in [5.41, 5.74) is 1.24. The topological polar surface area (TPSA) is 24.5 Å². The van der Waals surface area contributed by atoms with Crippen molar-refractivity contribution in [2.24, 2.45) is 0 Å². The van der Waals surface area contributed by atoms with Crippen molar-refractivity contribution in [2.45, 2.75) is 32.4 Å². The third kappa shape index (κ3) is 4.88. The molecule has 0 aliphatic heterocycles. The normalized spacial score (nSPS) is 14.2. The van der Waals surface area contributed by atoms with Crippen molar-refractivity contribution in [1.82, 2.24) is 10.2 Å². The maximum absolute atomic E-state index is 5.92. The van der Waals surface area contributed by atoms with Crippen LogP contribution in [0.3, 0.4) is 0 Å². The highest BCUT2D eigenvalue weighted by atomic mass is 16.5. The summed E-state index contributed by atoms with van der Waals surface area (Å²) < 4.78 is 5.92. The zero-order valence-corrected chi connectivity index (χ0v) is 12.3. The minimum atomic E-state index is 0.677. The molecular weight excluding hydrogens is 248 g/mol. The molecule has 108 valence electrons. The first-order valence-corrected chi connectivity index (χ1v) is 7.43. The molecule has 1 aromatic carbocycles. The van der Waals surface area contributed by atoms with Gasteiger partial charge in [0.2, 0.25) is 0 Å². The van der Waals surface area contributed by atoms with E-state index < -0.39 is 0 Å². The minimum absolute atomic E-state index is 0.677. The molecule has 0 amide bonds. The van der Waals surface area contributed by atoms with Crippen molar-refractivity contribution >= 4 is 0 Å². The van der Waals surface area contributed by atoms with Gasteiger partial charge in [-0.3, -0.25) is 4.90 Å². The van der Waals surface area contributed by atoms with E-state index in [4.69, 9.17) is 11.2 Å². The summed E-state index contributed by atoms with van der Waals surface area (Å²) in [7, 11) is 0.